The Morgan fingerprint density at radius 2 is 1.83 bits per heavy atom. The Bertz CT molecular complexity index is 729. The smallest absolute Gasteiger partial charge is 0.243 e. The van der Waals surface area contributed by atoms with Crippen LogP contribution in [0.15, 0.2) is 29.2 Å². The third kappa shape index (κ3) is 7.70. The summed E-state index contributed by atoms with van der Waals surface area (Å²) >= 11 is 1.19. The standard InChI is InChI=1S/C22H36N2O3S2/c1-4-5-6-9-21-10-12-22(13-11-21)29(26,27)24(19(2)18-28-20(3)25)17-16-23-14-7-8-15-23/h10-13,19H,4-9,14-18H2,1-3H3/t19-/m1/s1. The van der Waals surface area contributed by atoms with Gasteiger partial charge in [0, 0.05) is 31.8 Å². The highest BCUT2D eigenvalue weighted by atomic mass is 32.2. The lowest BCUT2D eigenvalue weighted by atomic mass is 10.1. The number of aryl methyl sites for hydroxylation is 1. The SMILES string of the molecule is CCCCCc1ccc(S(=O)(=O)N(CCN2CCCC2)[C@H](C)CSC(C)=O)cc1. The number of unbranched alkanes of at least 4 members (excludes halogenated alkanes) is 2. The van der Waals surface area contributed by atoms with Crippen LogP contribution in [0.1, 0.15) is 58.4 Å². The number of nitrogens with zero attached hydrogens (tertiary/aromatic N) is 2. The van der Waals surface area contributed by atoms with E-state index in [1.807, 2.05) is 19.1 Å². The number of carbonyl (C=O) groups is 1. The molecule has 1 aromatic rings. The fourth-order valence-electron chi connectivity index (χ4n) is 3.69. The van der Waals surface area contributed by atoms with Crippen molar-refractivity contribution in [1.82, 2.24) is 9.21 Å². The average molecular weight is 441 g/mol. The molecule has 0 bridgehead atoms. The van der Waals surface area contributed by atoms with Gasteiger partial charge in [-0.2, -0.15) is 4.31 Å². The molecular weight excluding hydrogens is 404 g/mol. The fourth-order valence-corrected chi connectivity index (χ4v) is 6.06. The number of hydrogen-bond donors (Lipinski definition) is 0. The Hall–Kier alpha value is -0.890. The van der Waals surface area contributed by atoms with Crippen molar-refractivity contribution in [2.24, 2.45) is 0 Å². The second kappa shape index (κ2) is 12.1. The number of sulfonamides is 1. The predicted molar refractivity (Wildman–Crippen MR) is 122 cm³/mol. The molecule has 7 heteroatoms. The maximum absolute atomic E-state index is 13.4. The zero-order chi connectivity index (χ0) is 21.3. The summed E-state index contributed by atoms with van der Waals surface area (Å²) in [6.07, 6.45) is 6.84. The normalized spacial score (nSPS) is 16.4. The minimum atomic E-state index is -3.60. The van der Waals surface area contributed by atoms with E-state index in [0.717, 1.165) is 32.5 Å². The van der Waals surface area contributed by atoms with Crippen LogP contribution in [-0.2, 0) is 21.2 Å². The van der Waals surface area contributed by atoms with Gasteiger partial charge < -0.3 is 4.90 Å². The van der Waals surface area contributed by atoms with Gasteiger partial charge in [-0.15, -0.1) is 0 Å². The van der Waals surface area contributed by atoms with Crippen LogP contribution in [0.4, 0.5) is 0 Å². The van der Waals surface area contributed by atoms with Gasteiger partial charge in [0.05, 0.1) is 4.90 Å². The average Bonchev–Trinajstić information content (AvgIpc) is 3.20. The molecule has 2 rings (SSSR count). The van der Waals surface area contributed by atoms with Crippen molar-refractivity contribution in [3.8, 4) is 0 Å². The number of hydrogen-bond acceptors (Lipinski definition) is 5. The van der Waals surface area contributed by atoms with Gasteiger partial charge in [0.15, 0.2) is 5.12 Å². The Morgan fingerprint density at radius 3 is 2.41 bits per heavy atom. The second-order valence-corrected chi connectivity index (χ2v) is 11.0. The molecule has 1 aromatic carbocycles. The van der Waals surface area contributed by atoms with Gasteiger partial charge >= 0.3 is 0 Å². The van der Waals surface area contributed by atoms with Gasteiger partial charge in [-0.3, -0.25) is 4.79 Å². The molecule has 5 nitrogen and oxygen atoms in total. The first-order chi connectivity index (χ1) is 13.8. The Labute approximate surface area is 181 Å². The molecule has 0 unspecified atom stereocenters. The van der Waals surface area contributed by atoms with E-state index in [1.165, 1.54) is 49.9 Å². The second-order valence-electron chi connectivity index (χ2n) is 7.92. The third-order valence-electron chi connectivity index (χ3n) is 5.45. The van der Waals surface area contributed by atoms with Crippen LogP contribution in [-0.4, -0.2) is 60.7 Å². The van der Waals surface area contributed by atoms with Crippen LogP contribution < -0.4 is 0 Å². The third-order valence-corrected chi connectivity index (χ3v) is 8.54. The number of carbonyl (C=O) groups excluding carboxylic acids is 1. The van der Waals surface area contributed by atoms with Gasteiger partial charge in [0.1, 0.15) is 0 Å². The first-order valence-electron chi connectivity index (χ1n) is 10.8. The van der Waals surface area contributed by atoms with Crippen LogP contribution in [0.5, 0.6) is 0 Å². The molecule has 1 aliphatic rings. The molecule has 1 atom stereocenters. The summed E-state index contributed by atoms with van der Waals surface area (Å²) in [5, 5.41) is 0.0187. The van der Waals surface area contributed by atoms with Crippen molar-refractivity contribution in [3.63, 3.8) is 0 Å². The summed E-state index contributed by atoms with van der Waals surface area (Å²) in [5.74, 6) is 0.476. The summed E-state index contributed by atoms with van der Waals surface area (Å²) in [7, 11) is -3.60. The van der Waals surface area contributed by atoms with E-state index in [0.29, 0.717) is 17.2 Å². The van der Waals surface area contributed by atoms with Crippen LogP contribution in [0, 0.1) is 0 Å². The van der Waals surface area contributed by atoms with Crippen molar-refractivity contribution in [2.75, 3.05) is 31.9 Å². The summed E-state index contributed by atoms with van der Waals surface area (Å²) < 4.78 is 28.4. The number of thioether (sulfide) groups is 1. The molecule has 0 spiro atoms. The van der Waals surface area contributed by atoms with E-state index in [-0.39, 0.29) is 11.2 Å². The molecule has 0 N–H and O–H groups in total. The predicted octanol–water partition coefficient (Wildman–Crippen LogP) is 4.17. The number of benzene rings is 1. The fraction of sp³-hybridized carbons (Fsp3) is 0.682. The molecule has 1 aliphatic heterocycles. The summed E-state index contributed by atoms with van der Waals surface area (Å²) in [6, 6.07) is 7.13. The largest absolute Gasteiger partial charge is 0.302 e. The summed E-state index contributed by atoms with van der Waals surface area (Å²) in [5.41, 5.74) is 1.18. The molecule has 0 saturated carbocycles. The van der Waals surface area contributed by atoms with E-state index in [4.69, 9.17) is 0 Å². The minimum Gasteiger partial charge on any atom is -0.302 e. The van der Waals surface area contributed by atoms with E-state index >= 15 is 0 Å². The van der Waals surface area contributed by atoms with Crippen LogP contribution in [0.25, 0.3) is 0 Å². The highest BCUT2D eigenvalue weighted by Gasteiger charge is 2.30. The minimum absolute atomic E-state index is 0.0187. The Balaban J connectivity index is 2.13. The van der Waals surface area contributed by atoms with E-state index in [9.17, 15) is 13.2 Å². The lowest BCUT2D eigenvalue weighted by Gasteiger charge is -2.30. The topological polar surface area (TPSA) is 57.7 Å². The lowest BCUT2D eigenvalue weighted by molar-refractivity contribution is -0.109. The van der Waals surface area contributed by atoms with Crippen LogP contribution in [0.3, 0.4) is 0 Å². The zero-order valence-corrected chi connectivity index (χ0v) is 19.7. The van der Waals surface area contributed by atoms with Crippen molar-refractivity contribution >= 4 is 26.9 Å². The van der Waals surface area contributed by atoms with Crippen LogP contribution in [0.2, 0.25) is 0 Å². The quantitative estimate of drug-likeness (QED) is 0.457. The molecule has 1 saturated heterocycles. The molecule has 0 amide bonds. The molecule has 0 radical (unpaired) electrons. The molecule has 0 aliphatic carbocycles. The molecule has 29 heavy (non-hydrogen) atoms. The first kappa shape index (κ1) is 24.4. The van der Waals surface area contributed by atoms with Crippen LogP contribution >= 0.6 is 11.8 Å². The van der Waals surface area contributed by atoms with Gasteiger partial charge in [-0.1, -0.05) is 43.7 Å². The highest BCUT2D eigenvalue weighted by molar-refractivity contribution is 8.13. The number of likely N-dealkylation sites (tertiary alicyclic amines) is 1. The first-order valence-corrected chi connectivity index (χ1v) is 13.2. The molecular formula is C22H36N2O3S2. The maximum Gasteiger partial charge on any atom is 0.243 e. The van der Waals surface area contributed by atoms with Gasteiger partial charge in [-0.25, -0.2) is 8.42 Å². The molecule has 0 aromatic heterocycles. The monoisotopic (exact) mass is 440 g/mol. The van der Waals surface area contributed by atoms with Crippen molar-refractivity contribution in [2.45, 2.75) is 70.2 Å². The highest BCUT2D eigenvalue weighted by Crippen LogP contribution is 2.22. The summed E-state index contributed by atoms with van der Waals surface area (Å²) in [6.45, 7) is 8.88. The number of rotatable bonds is 12. The van der Waals surface area contributed by atoms with Gasteiger partial charge in [-0.05, 0) is 63.4 Å². The van der Waals surface area contributed by atoms with E-state index < -0.39 is 10.0 Å². The zero-order valence-electron chi connectivity index (χ0n) is 18.1. The van der Waals surface area contributed by atoms with E-state index in [1.54, 1.807) is 16.4 Å². The van der Waals surface area contributed by atoms with Gasteiger partial charge in [0.2, 0.25) is 10.0 Å². The van der Waals surface area contributed by atoms with Crippen molar-refractivity contribution in [3.05, 3.63) is 29.8 Å². The van der Waals surface area contributed by atoms with Crippen molar-refractivity contribution < 1.29 is 13.2 Å². The summed E-state index contributed by atoms with van der Waals surface area (Å²) in [4.78, 5) is 14.1. The Kier molecular flexibility index (Phi) is 10.2. The molecule has 1 fully saturated rings. The molecule has 1 heterocycles. The maximum atomic E-state index is 13.4. The lowest BCUT2D eigenvalue weighted by Crippen LogP contribution is -2.44. The van der Waals surface area contributed by atoms with E-state index in [2.05, 4.69) is 11.8 Å². The van der Waals surface area contributed by atoms with Crippen molar-refractivity contribution in [1.29, 1.82) is 0 Å². The molecule has 164 valence electrons. The van der Waals surface area contributed by atoms with Gasteiger partial charge in [0.25, 0.3) is 0 Å². The Morgan fingerprint density at radius 1 is 1.17 bits per heavy atom.